The average Bonchev–Trinajstić information content (AvgIpc) is 2.65. The molecule has 0 bridgehead atoms. The Bertz CT molecular complexity index is 417. The van der Waals surface area contributed by atoms with E-state index in [0.717, 1.165) is 41.9 Å². The first-order chi connectivity index (χ1) is 9.22. The van der Waals surface area contributed by atoms with Gasteiger partial charge < -0.3 is 10.1 Å². The van der Waals surface area contributed by atoms with E-state index < -0.39 is 0 Å². The van der Waals surface area contributed by atoms with Gasteiger partial charge in [0.25, 0.3) is 0 Å². The maximum Gasteiger partial charge on any atom is 0.328 e. The predicted octanol–water partition coefficient (Wildman–Crippen LogP) is 2.41. The van der Waals surface area contributed by atoms with E-state index >= 15 is 0 Å². The summed E-state index contributed by atoms with van der Waals surface area (Å²) in [5.41, 5.74) is 0. The van der Waals surface area contributed by atoms with Crippen LogP contribution in [0.3, 0.4) is 0 Å². The third-order valence-electron chi connectivity index (χ3n) is 3.11. The average molecular weight is 347 g/mol. The Hall–Kier alpha value is -0.430. The maximum atomic E-state index is 12.3. The fourth-order valence-electron chi connectivity index (χ4n) is 2.26. The topological polar surface area (TPSA) is 41.6 Å². The molecule has 1 N–H and O–H groups in total. The van der Waals surface area contributed by atoms with Crippen LogP contribution in [-0.4, -0.2) is 43.7 Å². The Morgan fingerprint density at radius 3 is 3.11 bits per heavy atom. The second-order valence-corrected chi connectivity index (χ2v) is 6.32. The highest BCUT2D eigenvalue weighted by Crippen LogP contribution is 2.30. The van der Waals surface area contributed by atoms with Crippen LogP contribution in [0, 0.1) is 0 Å². The number of nitrogens with zero attached hydrogens (tertiary/aromatic N) is 1. The van der Waals surface area contributed by atoms with Crippen molar-refractivity contribution in [3.8, 4) is 0 Å². The van der Waals surface area contributed by atoms with Crippen LogP contribution in [0.15, 0.2) is 15.9 Å². The van der Waals surface area contributed by atoms with Crippen LogP contribution in [0.25, 0.3) is 0 Å². The molecule has 0 saturated carbocycles. The van der Waals surface area contributed by atoms with Crippen molar-refractivity contribution < 1.29 is 9.53 Å². The Morgan fingerprint density at radius 2 is 2.42 bits per heavy atom. The van der Waals surface area contributed by atoms with Crippen LogP contribution < -0.4 is 5.32 Å². The molecule has 6 heteroatoms. The molecule has 1 atom stereocenters. The summed E-state index contributed by atoms with van der Waals surface area (Å²) in [6, 6.07) is 1.75. The summed E-state index contributed by atoms with van der Waals surface area (Å²) in [7, 11) is 0. The molecular formula is C13H19BrN2O2S. The molecule has 2 heterocycles. The highest BCUT2D eigenvalue weighted by atomic mass is 79.9. The van der Waals surface area contributed by atoms with Crippen molar-refractivity contribution in [3.05, 3.63) is 20.8 Å². The minimum atomic E-state index is -0.267. The minimum absolute atomic E-state index is 0.140. The lowest BCUT2D eigenvalue weighted by Crippen LogP contribution is -2.37. The van der Waals surface area contributed by atoms with Gasteiger partial charge in [-0.05, 0) is 41.9 Å². The van der Waals surface area contributed by atoms with Crippen LogP contribution in [0.1, 0.15) is 24.3 Å². The minimum Gasteiger partial charge on any atom is -0.465 e. The molecule has 0 spiro atoms. The number of ether oxygens (including phenoxy) is 1. The normalized spacial score (nSPS) is 18.8. The maximum absolute atomic E-state index is 12.3. The zero-order valence-corrected chi connectivity index (χ0v) is 13.4. The first-order valence-electron chi connectivity index (χ1n) is 6.57. The van der Waals surface area contributed by atoms with Gasteiger partial charge in [-0.15, -0.1) is 11.3 Å². The van der Waals surface area contributed by atoms with Gasteiger partial charge in [-0.2, -0.15) is 0 Å². The summed E-state index contributed by atoms with van der Waals surface area (Å²) in [4.78, 5) is 15.5. The van der Waals surface area contributed by atoms with Crippen molar-refractivity contribution in [3.63, 3.8) is 0 Å². The van der Waals surface area contributed by atoms with Crippen molar-refractivity contribution in [1.82, 2.24) is 10.2 Å². The molecule has 1 aliphatic heterocycles. The Balaban J connectivity index is 2.19. The van der Waals surface area contributed by atoms with Crippen LogP contribution in [0.5, 0.6) is 0 Å². The van der Waals surface area contributed by atoms with Gasteiger partial charge in [-0.1, -0.05) is 0 Å². The first-order valence-corrected chi connectivity index (χ1v) is 8.25. The number of halogens is 1. The summed E-state index contributed by atoms with van der Waals surface area (Å²) >= 11 is 5.06. The van der Waals surface area contributed by atoms with Gasteiger partial charge in [0.2, 0.25) is 0 Å². The Labute approximate surface area is 126 Å². The van der Waals surface area contributed by atoms with Gasteiger partial charge in [0, 0.05) is 34.4 Å². The largest absolute Gasteiger partial charge is 0.465 e. The van der Waals surface area contributed by atoms with Gasteiger partial charge >= 0.3 is 5.97 Å². The molecule has 0 aliphatic carbocycles. The van der Waals surface area contributed by atoms with E-state index in [-0.39, 0.29) is 12.0 Å². The monoisotopic (exact) mass is 346 g/mol. The third-order valence-corrected chi connectivity index (χ3v) is 4.85. The zero-order chi connectivity index (χ0) is 13.7. The van der Waals surface area contributed by atoms with E-state index in [0.29, 0.717) is 6.61 Å². The van der Waals surface area contributed by atoms with E-state index in [9.17, 15) is 4.79 Å². The van der Waals surface area contributed by atoms with E-state index in [1.165, 1.54) is 0 Å². The van der Waals surface area contributed by atoms with Crippen LogP contribution >= 0.6 is 27.3 Å². The molecule has 0 radical (unpaired) electrons. The fraction of sp³-hybridized carbons (Fsp3) is 0.615. The van der Waals surface area contributed by atoms with E-state index in [1.54, 1.807) is 11.3 Å². The standard InChI is InChI=1S/C13H19BrN2O2S/c1-2-18-13(17)12(11-8-10(14)9-19-11)16-6-3-4-15-5-7-16/h8-9,12,15H,2-7H2,1H3. The first kappa shape index (κ1) is 15.0. The van der Waals surface area contributed by atoms with Gasteiger partial charge in [-0.25, -0.2) is 4.79 Å². The quantitative estimate of drug-likeness (QED) is 0.850. The molecule has 1 saturated heterocycles. The van der Waals surface area contributed by atoms with Crippen molar-refractivity contribution in [2.75, 3.05) is 32.8 Å². The van der Waals surface area contributed by atoms with Gasteiger partial charge in [0.05, 0.1) is 6.61 Å². The molecule has 19 heavy (non-hydrogen) atoms. The summed E-state index contributed by atoms with van der Waals surface area (Å²) < 4.78 is 6.27. The predicted molar refractivity (Wildman–Crippen MR) is 80.5 cm³/mol. The Kier molecular flexibility index (Phi) is 5.81. The molecular weight excluding hydrogens is 328 g/mol. The van der Waals surface area contributed by atoms with E-state index in [1.807, 2.05) is 18.4 Å². The van der Waals surface area contributed by atoms with Crippen LogP contribution in [0.4, 0.5) is 0 Å². The van der Waals surface area contributed by atoms with Gasteiger partial charge in [0.15, 0.2) is 0 Å². The lowest BCUT2D eigenvalue weighted by molar-refractivity contribution is -0.149. The van der Waals surface area contributed by atoms with Crippen molar-refractivity contribution in [2.24, 2.45) is 0 Å². The highest BCUT2D eigenvalue weighted by Gasteiger charge is 2.30. The summed E-state index contributed by atoms with van der Waals surface area (Å²) in [6.45, 7) is 6.00. The van der Waals surface area contributed by atoms with Crippen molar-refractivity contribution in [2.45, 2.75) is 19.4 Å². The van der Waals surface area contributed by atoms with Crippen LogP contribution in [0.2, 0.25) is 0 Å². The van der Waals surface area contributed by atoms with Gasteiger partial charge in [0.1, 0.15) is 6.04 Å². The number of carbonyl (C=O) groups is 1. The molecule has 1 aromatic rings. The molecule has 0 aromatic carbocycles. The van der Waals surface area contributed by atoms with Gasteiger partial charge in [-0.3, -0.25) is 4.90 Å². The molecule has 0 amide bonds. The summed E-state index contributed by atoms with van der Waals surface area (Å²) in [5, 5.41) is 5.37. The number of nitrogens with one attached hydrogen (secondary N) is 1. The van der Waals surface area contributed by atoms with E-state index in [4.69, 9.17) is 4.74 Å². The smallest absolute Gasteiger partial charge is 0.328 e. The molecule has 2 rings (SSSR count). The third kappa shape index (κ3) is 4.02. The molecule has 106 valence electrons. The number of hydrogen-bond acceptors (Lipinski definition) is 5. The molecule has 4 nitrogen and oxygen atoms in total. The number of thiophene rings is 1. The second-order valence-electron chi connectivity index (χ2n) is 4.46. The summed E-state index contributed by atoms with van der Waals surface area (Å²) in [5.74, 6) is -0.140. The highest BCUT2D eigenvalue weighted by molar-refractivity contribution is 9.10. The zero-order valence-electron chi connectivity index (χ0n) is 11.0. The number of esters is 1. The Morgan fingerprint density at radius 1 is 1.58 bits per heavy atom. The lowest BCUT2D eigenvalue weighted by atomic mass is 10.2. The lowest BCUT2D eigenvalue weighted by Gasteiger charge is -2.27. The van der Waals surface area contributed by atoms with Crippen molar-refractivity contribution in [1.29, 1.82) is 0 Å². The molecule has 1 unspecified atom stereocenters. The molecule has 1 fully saturated rings. The second kappa shape index (κ2) is 7.38. The fourth-order valence-corrected chi connectivity index (χ4v) is 3.83. The van der Waals surface area contributed by atoms with Crippen LogP contribution in [-0.2, 0) is 9.53 Å². The van der Waals surface area contributed by atoms with E-state index in [2.05, 4.69) is 26.1 Å². The SMILES string of the molecule is CCOC(=O)C(c1cc(Br)cs1)N1CCCNCC1. The summed E-state index contributed by atoms with van der Waals surface area (Å²) in [6.07, 6.45) is 1.06. The molecule has 1 aliphatic rings. The molecule has 1 aromatic heterocycles. The van der Waals surface area contributed by atoms with Crippen molar-refractivity contribution >= 4 is 33.2 Å². The number of carbonyl (C=O) groups excluding carboxylic acids is 1. The number of hydrogen-bond donors (Lipinski definition) is 1. The number of rotatable bonds is 4.